The van der Waals surface area contributed by atoms with Crippen LogP contribution in [0, 0.1) is 28.8 Å². The number of urea groups is 1. The Morgan fingerprint density at radius 3 is 2.61 bits per heavy atom. The van der Waals surface area contributed by atoms with Crippen molar-refractivity contribution in [3.8, 4) is 17.2 Å². The van der Waals surface area contributed by atoms with Crippen LogP contribution in [0.4, 0.5) is 29.3 Å². The van der Waals surface area contributed by atoms with E-state index in [1.807, 2.05) is 6.07 Å². The van der Waals surface area contributed by atoms with Crippen LogP contribution in [0.25, 0.3) is 11.1 Å². The Balaban J connectivity index is 1.45. The molecule has 0 unspecified atom stereocenters. The average Bonchev–Trinajstić information content (AvgIpc) is 3.25. The molecule has 1 saturated heterocycles. The second-order valence-corrected chi connectivity index (χ2v) is 8.01. The maximum Gasteiger partial charge on any atom is 0.319 e. The molecule has 9 heteroatoms. The molecule has 2 N–H and O–H groups in total. The van der Waals surface area contributed by atoms with E-state index >= 15 is 0 Å². The van der Waals surface area contributed by atoms with Gasteiger partial charge in [-0.2, -0.15) is 5.26 Å². The molecular formula is C24H18ClF3N4O. The highest BCUT2D eigenvalue weighted by molar-refractivity contribution is 6.30. The maximum atomic E-state index is 14.9. The van der Waals surface area contributed by atoms with Gasteiger partial charge < -0.3 is 15.5 Å². The molecule has 1 fully saturated rings. The quantitative estimate of drug-likeness (QED) is 0.514. The molecule has 0 aromatic heterocycles. The summed E-state index contributed by atoms with van der Waals surface area (Å²) in [5, 5.41) is 14.6. The van der Waals surface area contributed by atoms with Crippen molar-refractivity contribution in [2.24, 2.45) is 0 Å². The van der Waals surface area contributed by atoms with Crippen LogP contribution in [0.5, 0.6) is 0 Å². The number of anilines is 2. The number of nitrogens with zero attached hydrogens (tertiary/aromatic N) is 2. The molecule has 0 aliphatic carbocycles. The number of amides is 2. The van der Waals surface area contributed by atoms with Crippen molar-refractivity contribution in [1.82, 2.24) is 5.32 Å². The predicted molar refractivity (Wildman–Crippen MR) is 121 cm³/mol. The largest absolute Gasteiger partial charge is 0.367 e. The van der Waals surface area contributed by atoms with Crippen molar-refractivity contribution in [2.75, 3.05) is 23.3 Å². The van der Waals surface area contributed by atoms with Crippen LogP contribution < -0.4 is 15.5 Å². The summed E-state index contributed by atoms with van der Waals surface area (Å²) in [6.45, 7) is 0.645. The highest BCUT2D eigenvalue weighted by Gasteiger charge is 2.28. The summed E-state index contributed by atoms with van der Waals surface area (Å²) < 4.78 is 43.7. The minimum absolute atomic E-state index is 0.00615. The Kier molecular flexibility index (Phi) is 6.43. The van der Waals surface area contributed by atoms with Crippen LogP contribution in [0.2, 0.25) is 5.02 Å². The first-order valence-electron chi connectivity index (χ1n) is 10.1. The third kappa shape index (κ3) is 4.73. The molecule has 0 spiro atoms. The van der Waals surface area contributed by atoms with Gasteiger partial charge in [0.2, 0.25) is 0 Å². The zero-order valence-corrected chi connectivity index (χ0v) is 18.0. The third-order valence-corrected chi connectivity index (χ3v) is 5.68. The fourth-order valence-corrected chi connectivity index (χ4v) is 4.00. The van der Waals surface area contributed by atoms with Crippen molar-refractivity contribution in [1.29, 1.82) is 5.26 Å². The number of hydrogen-bond acceptors (Lipinski definition) is 3. The number of nitrogens with one attached hydrogen (secondary N) is 2. The normalized spacial score (nSPS) is 15.2. The highest BCUT2D eigenvalue weighted by atomic mass is 35.5. The number of benzene rings is 3. The van der Waals surface area contributed by atoms with Crippen molar-refractivity contribution in [3.63, 3.8) is 0 Å². The number of carbonyl (C=O) groups is 1. The lowest BCUT2D eigenvalue weighted by molar-refractivity contribution is 0.249. The van der Waals surface area contributed by atoms with Gasteiger partial charge in [0.05, 0.1) is 23.0 Å². The Bertz CT molecular complexity index is 1260. The Morgan fingerprint density at radius 1 is 1.06 bits per heavy atom. The van der Waals surface area contributed by atoms with E-state index in [-0.39, 0.29) is 40.1 Å². The number of rotatable bonds is 4. The molecule has 0 radical (unpaired) electrons. The Morgan fingerprint density at radius 2 is 1.85 bits per heavy atom. The lowest BCUT2D eigenvalue weighted by atomic mass is 9.99. The van der Waals surface area contributed by atoms with E-state index in [0.29, 0.717) is 18.5 Å². The SMILES string of the molecule is N#Cc1ccccc1-c1ccc(N2CC[C@@H](NC(=O)Nc3ccc(Cl)cc3F)C2)c(F)c1F. The van der Waals surface area contributed by atoms with Crippen molar-refractivity contribution in [2.45, 2.75) is 12.5 Å². The predicted octanol–water partition coefficient (Wildman–Crippen LogP) is 5.70. The summed E-state index contributed by atoms with van der Waals surface area (Å²) in [6, 6.07) is 14.2. The topological polar surface area (TPSA) is 68.2 Å². The number of nitriles is 1. The molecule has 0 saturated carbocycles. The van der Waals surface area contributed by atoms with Gasteiger partial charge in [-0.25, -0.2) is 18.0 Å². The minimum atomic E-state index is -1.04. The first kappa shape index (κ1) is 22.5. The monoisotopic (exact) mass is 470 g/mol. The zero-order chi connectivity index (χ0) is 23.5. The summed E-state index contributed by atoms with van der Waals surface area (Å²) in [4.78, 5) is 13.9. The molecule has 5 nitrogen and oxygen atoms in total. The molecule has 168 valence electrons. The maximum absolute atomic E-state index is 14.9. The van der Waals surface area contributed by atoms with Gasteiger partial charge >= 0.3 is 6.03 Å². The third-order valence-electron chi connectivity index (χ3n) is 5.44. The molecular weight excluding hydrogens is 453 g/mol. The lowest BCUT2D eigenvalue weighted by Gasteiger charge is -2.21. The number of hydrogen-bond donors (Lipinski definition) is 2. The molecule has 3 aromatic carbocycles. The summed E-state index contributed by atoms with van der Waals surface area (Å²) in [5.74, 6) is -2.72. The van der Waals surface area contributed by atoms with Crippen molar-refractivity contribution in [3.05, 3.63) is 82.6 Å². The van der Waals surface area contributed by atoms with E-state index in [4.69, 9.17) is 11.6 Å². The standard InChI is InChI=1S/C24H18ClF3N4O/c25-15-5-7-20(19(26)11-15)31-24(33)30-16-9-10-32(13-16)21-8-6-18(22(27)23(21)28)17-4-2-1-3-14(17)12-29/h1-8,11,16H,9-10,13H2,(H2,30,31,33)/t16-/m1/s1. The van der Waals surface area contributed by atoms with E-state index in [9.17, 15) is 23.2 Å². The van der Waals surface area contributed by atoms with Crippen LogP contribution in [0.3, 0.4) is 0 Å². The van der Waals surface area contributed by atoms with Crippen molar-refractivity contribution < 1.29 is 18.0 Å². The molecule has 4 rings (SSSR count). The van der Waals surface area contributed by atoms with E-state index in [0.717, 1.165) is 6.07 Å². The second-order valence-electron chi connectivity index (χ2n) is 7.57. The van der Waals surface area contributed by atoms with Crippen LogP contribution in [0.1, 0.15) is 12.0 Å². The van der Waals surface area contributed by atoms with Gasteiger partial charge in [-0.1, -0.05) is 29.8 Å². The van der Waals surface area contributed by atoms with Gasteiger partial charge in [-0.15, -0.1) is 0 Å². The Labute approximate surface area is 193 Å². The van der Waals surface area contributed by atoms with E-state index < -0.39 is 23.5 Å². The summed E-state index contributed by atoms with van der Waals surface area (Å²) in [6.07, 6.45) is 0.497. The fourth-order valence-electron chi connectivity index (χ4n) is 3.84. The molecule has 3 aromatic rings. The van der Waals surface area contributed by atoms with Crippen LogP contribution >= 0.6 is 11.6 Å². The van der Waals surface area contributed by atoms with Gasteiger partial charge in [-0.05, 0) is 42.8 Å². The van der Waals surface area contributed by atoms with Crippen LogP contribution in [0.15, 0.2) is 54.6 Å². The zero-order valence-electron chi connectivity index (χ0n) is 17.2. The van der Waals surface area contributed by atoms with Gasteiger partial charge in [0.1, 0.15) is 5.82 Å². The molecule has 2 amide bonds. The fraction of sp³-hybridized carbons (Fsp3) is 0.167. The van der Waals surface area contributed by atoms with Crippen molar-refractivity contribution >= 4 is 29.0 Å². The van der Waals surface area contributed by atoms with Crippen LogP contribution in [-0.4, -0.2) is 25.2 Å². The smallest absolute Gasteiger partial charge is 0.319 e. The van der Waals surface area contributed by atoms with E-state index in [2.05, 4.69) is 10.6 Å². The van der Waals surface area contributed by atoms with Gasteiger partial charge in [-0.3, -0.25) is 0 Å². The second kappa shape index (κ2) is 9.43. The van der Waals surface area contributed by atoms with Gasteiger partial charge in [0.15, 0.2) is 11.6 Å². The summed E-state index contributed by atoms with van der Waals surface area (Å²) in [5.41, 5.74) is 0.617. The summed E-state index contributed by atoms with van der Waals surface area (Å²) in [7, 11) is 0. The Hall–Kier alpha value is -3.70. The van der Waals surface area contributed by atoms with Gasteiger partial charge in [0.25, 0.3) is 0 Å². The van der Waals surface area contributed by atoms with E-state index in [1.54, 1.807) is 23.1 Å². The minimum Gasteiger partial charge on any atom is -0.367 e. The first-order chi connectivity index (χ1) is 15.9. The first-order valence-corrected chi connectivity index (χ1v) is 10.5. The molecule has 0 bridgehead atoms. The molecule has 1 atom stereocenters. The molecule has 1 heterocycles. The van der Waals surface area contributed by atoms with Crippen LogP contribution in [-0.2, 0) is 0 Å². The summed E-state index contributed by atoms with van der Waals surface area (Å²) >= 11 is 5.70. The molecule has 1 aliphatic rings. The highest BCUT2D eigenvalue weighted by Crippen LogP contribution is 2.33. The molecule has 1 aliphatic heterocycles. The lowest BCUT2D eigenvalue weighted by Crippen LogP contribution is -2.40. The van der Waals surface area contributed by atoms with E-state index in [1.165, 1.54) is 30.3 Å². The number of halogens is 4. The van der Waals surface area contributed by atoms with Gasteiger partial charge in [0, 0.05) is 35.3 Å². The average molecular weight is 471 g/mol. The number of carbonyl (C=O) groups excluding carboxylic acids is 1. The molecule has 33 heavy (non-hydrogen) atoms.